The Morgan fingerprint density at radius 1 is 1.05 bits per heavy atom. The molecule has 0 saturated carbocycles. The van der Waals surface area contributed by atoms with Crippen LogP contribution in [0.15, 0.2) is 65.7 Å². The van der Waals surface area contributed by atoms with Crippen LogP contribution in [0, 0.1) is 18.3 Å². The zero-order valence-electron chi connectivity index (χ0n) is 20.0. The summed E-state index contributed by atoms with van der Waals surface area (Å²) in [4.78, 5) is 55.7. The monoisotopic (exact) mass is 515 g/mol. The van der Waals surface area contributed by atoms with E-state index < -0.39 is 29.6 Å². The van der Waals surface area contributed by atoms with Crippen LogP contribution in [0.3, 0.4) is 0 Å². The van der Waals surface area contributed by atoms with Gasteiger partial charge < -0.3 is 9.47 Å². The van der Waals surface area contributed by atoms with Crippen LogP contribution in [0.4, 0.5) is 5.69 Å². The largest absolute Gasteiger partial charge is 0.497 e. The van der Waals surface area contributed by atoms with Gasteiger partial charge >= 0.3 is 5.97 Å². The van der Waals surface area contributed by atoms with Gasteiger partial charge in [0.05, 0.1) is 29.2 Å². The fourth-order valence-corrected chi connectivity index (χ4v) is 4.77. The highest BCUT2D eigenvalue weighted by molar-refractivity contribution is 8.00. The maximum absolute atomic E-state index is 13.0. The minimum atomic E-state index is -0.720. The van der Waals surface area contributed by atoms with Crippen LogP contribution in [-0.2, 0) is 14.3 Å². The Balaban J connectivity index is 1.39. The lowest BCUT2D eigenvalue weighted by atomic mass is 10.1. The highest BCUT2D eigenvalue weighted by atomic mass is 32.2. The van der Waals surface area contributed by atoms with Crippen molar-refractivity contribution in [1.29, 1.82) is 5.26 Å². The quantitative estimate of drug-likeness (QED) is 0.250. The lowest BCUT2D eigenvalue weighted by Crippen LogP contribution is -2.31. The van der Waals surface area contributed by atoms with Gasteiger partial charge in [-0.1, -0.05) is 11.8 Å². The van der Waals surface area contributed by atoms with E-state index in [0.29, 0.717) is 33.3 Å². The summed E-state index contributed by atoms with van der Waals surface area (Å²) in [5.41, 5.74) is 1.89. The number of rotatable bonds is 8. The van der Waals surface area contributed by atoms with Crippen molar-refractivity contribution in [2.75, 3.05) is 18.6 Å². The number of methoxy groups -OCH3 is 1. The molecule has 0 spiro atoms. The number of carbonyl (C=O) groups excluding carboxylic acids is 4. The summed E-state index contributed by atoms with van der Waals surface area (Å²) in [5, 5.41) is 9.00. The number of anilines is 1. The van der Waals surface area contributed by atoms with Gasteiger partial charge in [0.25, 0.3) is 0 Å². The molecule has 2 amide bonds. The highest BCUT2D eigenvalue weighted by Gasteiger charge is 2.40. The average Bonchev–Trinajstić information content (AvgIpc) is 3.19. The first-order valence-corrected chi connectivity index (χ1v) is 12.0. The zero-order chi connectivity index (χ0) is 26.5. The molecule has 0 aliphatic carbocycles. The Morgan fingerprint density at radius 2 is 1.73 bits per heavy atom. The lowest BCUT2D eigenvalue weighted by Gasteiger charge is -2.15. The Morgan fingerprint density at radius 3 is 2.38 bits per heavy atom. The number of aromatic nitrogens is 1. The molecule has 1 atom stereocenters. The number of aryl methyl sites for hydroxylation is 1. The number of amides is 2. The molecule has 1 aromatic heterocycles. The van der Waals surface area contributed by atoms with E-state index in [9.17, 15) is 24.4 Å². The second-order valence-electron chi connectivity index (χ2n) is 8.07. The summed E-state index contributed by atoms with van der Waals surface area (Å²) >= 11 is 1.09. The standard InChI is InChI=1S/C27H21N3O6S/c1-16-3-4-19(14-28)25(29-16)37-23-13-24(32)30(26(23)33)20-9-5-18(6-10-20)27(34)36-15-22(31)17-7-11-21(35-2)12-8-17/h3-12,23H,13,15H2,1-2H3. The molecule has 1 unspecified atom stereocenters. The maximum atomic E-state index is 13.0. The molecular formula is C27H21N3O6S. The minimum absolute atomic E-state index is 0.0404. The van der Waals surface area contributed by atoms with E-state index in [2.05, 4.69) is 11.1 Å². The SMILES string of the molecule is COc1ccc(C(=O)COC(=O)c2ccc(N3C(=O)CC(Sc4nc(C)ccc4C#N)C3=O)cc2)cc1. The van der Waals surface area contributed by atoms with Crippen LogP contribution in [0.2, 0.25) is 0 Å². The smallest absolute Gasteiger partial charge is 0.338 e. The number of benzene rings is 2. The first-order chi connectivity index (χ1) is 17.8. The van der Waals surface area contributed by atoms with Crippen molar-refractivity contribution in [3.8, 4) is 11.8 Å². The van der Waals surface area contributed by atoms with Crippen LogP contribution in [-0.4, -0.2) is 47.5 Å². The molecule has 186 valence electrons. The zero-order valence-corrected chi connectivity index (χ0v) is 20.8. The van der Waals surface area contributed by atoms with Crippen molar-refractivity contribution in [3.63, 3.8) is 0 Å². The van der Waals surface area contributed by atoms with Crippen LogP contribution < -0.4 is 9.64 Å². The number of hydrogen-bond acceptors (Lipinski definition) is 9. The van der Waals surface area contributed by atoms with Crippen molar-refractivity contribution >= 4 is 41.0 Å². The second kappa shape index (κ2) is 11.1. The summed E-state index contributed by atoms with van der Waals surface area (Å²) in [5.74, 6) is -1.30. The number of esters is 1. The van der Waals surface area contributed by atoms with Gasteiger partial charge in [-0.2, -0.15) is 5.26 Å². The summed E-state index contributed by atoms with van der Waals surface area (Å²) in [6.07, 6.45) is -0.0404. The van der Waals surface area contributed by atoms with Gasteiger partial charge in [0.2, 0.25) is 11.8 Å². The van der Waals surface area contributed by atoms with Crippen molar-refractivity contribution in [3.05, 3.63) is 83.0 Å². The third-order valence-corrected chi connectivity index (χ3v) is 6.77. The van der Waals surface area contributed by atoms with Gasteiger partial charge in [0, 0.05) is 17.7 Å². The van der Waals surface area contributed by atoms with E-state index in [-0.39, 0.29) is 17.8 Å². The van der Waals surface area contributed by atoms with Crippen LogP contribution >= 0.6 is 11.8 Å². The molecule has 4 rings (SSSR count). The summed E-state index contributed by atoms with van der Waals surface area (Å²) in [6.45, 7) is 1.34. The Kier molecular flexibility index (Phi) is 7.65. The van der Waals surface area contributed by atoms with E-state index in [0.717, 1.165) is 16.7 Å². The number of pyridine rings is 1. The molecule has 2 heterocycles. The predicted molar refractivity (Wildman–Crippen MR) is 134 cm³/mol. The number of carbonyl (C=O) groups is 4. The first kappa shape index (κ1) is 25.6. The molecule has 0 bridgehead atoms. The number of imide groups is 1. The molecule has 10 heteroatoms. The average molecular weight is 516 g/mol. The van der Waals surface area contributed by atoms with Crippen molar-refractivity contribution in [1.82, 2.24) is 4.98 Å². The molecule has 1 aliphatic heterocycles. The predicted octanol–water partition coefficient (Wildman–Crippen LogP) is 3.73. The fourth-order valence-electron chi connectivity index (χ4n) is 3.63. The molecule has 0 radical (unpaired) electrons. The van der Waals surface area contributed by atoms with Crippen molar-refractivity contribution in [2.24, 2.45) is 0 Å². The number of thioether (sulfide) groups is 1. The third-order valence-electron chi connectivity index (χ3n) is 5.59. The molecule has 3 aromatic rings. The van der Waals surface area contributed by atoms with E-state index in [1.807, 2.05) is 0 Å². The van der Waals surface area contributed by atoms with Gasteiger partial charge in [0.15, 0.2) is 12.4 Å². The van der Waals surface area contributed by atoms with Gasteiger partial charge in [-0.05, 0) is 67.6 Å². The van der Waals surface area contributed by atoms with Gasteiger partial charge in [-0.15, -0.1) is 0 Å². The van der Waals surface area contributed by atoms with E-state index in [1.165, 1.54) is 31.4 Å². The molecular weight excluding hydrogens is 494 g/mol. The van der Waals surface area contributed by atoms with E-state index >= 15 is 0 Å². The Labute approximate surface area is 217 Å². The fraction of sp³-hybridized carbons (Fsp3) is 0.185. The Bertz CT molecular complexity index is 1410. The molecule has 0 N–H and O–H groups in total. The number of nitrogens with zero attached hydrogens (tertiary/aromatic N) is 3. The van der Waals surface area contributed by atoms with Crippen LogP contribution in [0.5, 0.6) is 5.75 Å². The first-order valence-electron chi connectivity index (χ1n) is 11.2. The number of ether oxygens (including phenoxy) is 2. The summed E-state index contributed by atoms with van der Waals surface area (Å²) in [7, 11) is 1.52. The van der Waals surface area contributed by atoms with Crippen LogP contribution in [0.25, 0.3) is 0 Å². The van der Waals surface area contributed by atoms with Gasteiger partial charge in [-0.3, -0.25) is 14.4 Å². The molecule has 37 heavy (non-hydrogen) atoms. The van der Waals surface area contributed by atoms with Gasteiger partial charge in [-0.25, -0.2) is 14.7 Å². The normalized spacial score (nSPS) is 14.8. The van der Waals surface area contributed by atoms with Crippen LogP contribution in [0.1, 0.15) is 38.4 Å². The molecule has 2 aromatic carbocycles. The van der Waals surface area contributed by atoms with E-state index in [4.69, 9.17) is 9.47 Å². The summed E-state index contributed by atoms with van der Waals surface area (Å²) < 4.78 is 10.2. The highest BCUT2D eigenvalue weighted by Crippen LogP contribution is 2.34. The van der Waals surface area contributed by atoms with E-state index in [1.54, 1.807) is 43.3 Å². The molecule has 1 saturated heterocycles. The molecule has 9 nitrogen and oxygen atoms in total. The summed E-state index contributed by atoms with van der Waals surface area (Å²) in [6, 6.07) is 17.6. The number of nitriles is 1. The third kappa shape index (κ3) is 5.68. The second-order valence-corrected chi connectivity index (χ2v) is 9.26. The van der Waals surface area contributed by atoms with Crippen molar-refractivity contribution in [2.45, 2.75) is 23.6 Å². The maximum Gasteiger partial charge on any atom is 0.338 e. The number of hydrogen-bond donors (Lipinski definition) is 0. The van der Waals surface area contributed by atoms with Gasteiger partial charge in [0.1, 0.15) is 16.8 Å². The lowest BCUT2D eigenvalue weighted by molar-refractivity contribution is -0.121. The molecule has 1 aliphatic rings. The number of ketones is 1. The minimum Gasteiger partial charge on any atom is -0.497 e. The Hall–Kier alpha value is -4.49. The van der Waals surface area contributed by atoms with Crippen molar-refractivity contribution < 1.29 is 28.7 Å². The topological polar surface area (TPSA) is 127 Å². The number of Topliss-reactive ketones (excluding diaryl/α,β-unsaturated/α-hetero) is 1. The molecule has 1 fully saturated rings.